The second kappa shape index (κ2) is 8.18. The third-order valence-corrected chi connectivity index (χ3v) is 4.10. The molecule has 6 heteroatoms. The summed E-state index contributed by atoms with van der Waals surface area (Å²) >= 11 is 1.49. The van der Waals surface area contributed by atoms with Crippen molar-refractivity contribution in [2.75, 3.05) is 16.9 Å². The number of thioether (sulfide) groups is 1. The molecule has 0 aromatic heterocycles. The molecule has 2 rings (SSSR count). The van der Waals surface area contributed by atoms with E-state index in [-0.39, 0.29) is 11.8 Å². The molecule has 0 atom stereocenters. The van der Waals surface area contributed by atoms with Crippen molar-refractivity contribution in [2.24, 2.45) is 0 Å². The maximum Gasteiger partial charge on any atom is 0.255 e. The highest BCUT2D eigenvalue weighted by Gasteiger charge is 2.11. The van der Waals surface area contributed by atoms with E-state index in [1.165, 1.54) is 11.8 Å². The van der Waals surface area contributed by atoms with Gasteiger partial charge >= 0.3 is 0 Å². The Morgan fingerprint density at radius 1 is 1.17 bits per heavy atom. The van der Waals surface area contributed by atoms with E-state index in [1.54, 1.807) is 49.4 Å². The molecule has 0 bridgehead atoms. The predicted molar refractivity (Wildman–Crippen MR) is 96.3 cm³/mol. The van der Waals surface area contributed by atoms with Gasteiger partial charge in [0, 0.05) is 22.6 Å². The molecule has 0 unspecified atom stereocenters. The Bertz CT molecular complexity index is 812. The van der Waals surface area contributed by atoms with Crippen LogP contribution in [0.25, 0.3) is 0 Å². The number of anilines is 2. The monoisotopic (exact) mass is 339 g/mol. The van der Waals surface area contributed by atoms with Crippen molar-refractivity contribution in [3.05, 3.63) is 53.6 Å². The molecule has 2 aromatic carbocycles. The van der Waals surface area contributed by atoms with Crippen LogP contribution in [0.3, 0.4) is 0 Å². The van der Waals surface area contributed by atoms with Crippen LogP contribution in [0.5, 0.6) is 0 Å². The number of benzene rings is 2. The Labute approximate surface area is 145 Å². The molecule has 0 aliphatic carbocycles. The van der Waals surface area contributed by atoms with Gasteiger partial charge in [0.05, 0.1) is 17.3 Å². The van der Waals surface area contributed by atoms with Gasteiger partial charge in [-0.1, -0.05) is 13.0 Å². The van der Waals surface area contributed by atoms with E-state index >= 15 is 0 Å². The van der Waals surface area contributed by atoms with Crippen molar-refractivity contribution in [3.8, 4) is 6.07 Å². The summed E-state index contributed by atoms with van der Waals surface area (Å²) in [5, 5.41) is 14.6. The molecule has 0 spiro atoms. The first kappa shape index (κ1) is 17.6. The third-order valence-electron chi connectivity index (χ3n) is 3.31. The molecule has 24 heavy (non-hydrogen) atoms. The zero-order chi connectivity index (χ0) is 17.5. The average Bonchev–Trinajstić information content (AvgIpc) is 2.61. The van der Waals surface area contributed by atoms with Crippen molar-refractivity contribution >= 4 is 35.0 Å². The minimum Gasteiger partial charge on any atom is -0.326 e. The van der Waals surface area contributed by atoms with Gasteiger partial charge in [-0.3, -0.25) is 9.59 Å². The number of carbonyl (C=O) groups excluding carboxylic acids is 2. The molecule has 0 saturated heterocycles. The fraction of sp³-hybridized carbons (Fsp3) is 0.167. The van der Waals surface area contributed by atoms with Crippen molar-refractivity contribution in [1.82, 2.24) is 0 Å². The maximum absolute atomic E-state index is 12.5. The highest BCUT2D eigenvalue weighted by atomic mass is 32.2. The summed E-state index contributed by atoms with van der Waals surface area (Å²) in [5.41, 5.74) is 2.07. The molecule has 5 nitrogen and oxygen atoms in total. The number of nitriles is 1. The molecule has 2 aromatic rings. The molecular formula is C18H17N3O2S. The Morgan fingerprint density at radius 3 is 2.62 bits per heavy atom. The largest absolute Gasteiger partial charge is 0.326 e. The maximum atomic E-state index is 12.5. The molecule has 0 radical (unpaired) electrons. The first-order chi connectivity index (χ1) is 11.6. The zero-order valence-electron chi connectivity index (χ0n) is 13.4. The highest BCUT2D eigenvalue weighted by molar-refractivity contribution is 7.98. The number of carbonyl (C=O) groups is 2. The summed E-state index contributed by atoms with van der Waals surface area (Å²) < 4.78 is 0. The summed E-state index contributed by atoms with van der Waals surface area (Å²) in [6, 6.07) is 14.0. The molecule has 0 fully saturated rings. The van der Waals surface area contributed by atoms with Crippen molar-refractivity contribution in [1.29, 1.82) is 5.26 Å². The number of nitrogens with one attached hydrogen (secondary N) is 2. The van der Waals surface area contributed by atoms with Gasteiger partial charge in [-0.2, -0.15) is 5.26 Å². The van der Waals surface area contributed by atoms with Crippen LogP contribution in [0.15, 0.2) is 47.4 Å². The van der Waals surface area contributed by atoms with Gasteiger partial charge in [-0.25, -0.2) is 0 Å². The zero-order valence-corrected chi connectivity index (χ0v) is 14.2. The van der Waals surface area contributed by atoms with Crippen LogP contribution in [0, 0.1) is 11.3 Å². The highest BCUT2D eigenvalue weighted by Crippen LogP contribution is 2.27. The van der Waals surface area contributed by atoms with Gasteiger partial charge in [0.15, 0.2) is 0 Å². The summed E-state index contributed by atoms with van der Waals surface area (Å²) in [4.78, 5) is 24.8. The second-order valence-corrected chi connectivity index (χ2v) is 5.81. The van der Waals surface area contributed by atoms with Crippen molar-refractivity contribution in [2.45, 2.75) is 18.2 Å². The normalized spacial score (nSPS) is 9.88. The van der Waals surface area contributed by atoms with Crippen LogP contribution >= 0.6 is 11.8 Å². The van der Waals surface area contributed by atoms with E-state index < -0.39 is 0 Å². The van der Waals surface area contributed by atoms with E-state index in [4.69, 9.17) is 5.26 Å². The minimum absolute atomic E-state index is 0.112. The van der Waals surface area contributed by atoms with E-state index in [9.17, 15) is 9.59 Å². The van der Waals surface area contributed by atoms with E-state index in [0.29, 0.717) is 28.9 Å². The van der Waals surface area contributed by atoms with E-state index in [1.807, 2.05) is 6.26 Å². The average molecular weight is 339 g/mol. The molecule has 0 aliphatic heterocycles. The summed E-state index contributed by atoms with van der Waals surface area (Å²) in [5.74, 6) is -0.410. The lowest BCUT2D eigenvalue weighted by Gasteiger charge is -2.11. The Kier molecular flexibility index (Phi) is 5.99. The first-order valence-electron chi connectivity index (χ1n) is 7.36. The molecule has 2 amide bonds. The number of rotatable bonds is 5. The predicted octanol–water partition coefficient (Wildman–Crippen LogP) is 3.88. The van der Waals surface area contributed by atoms with Crippen LogP contribution < -0.4 is 10.6 Å². The number of nitrogens with zero attached hydrogens (tertiary/aromatic N) is 1. The molecule has 0 aliphatic rings. The van der Waals surface area contributed by atoms with Gasteiger partial charge in [0.2, 0.25) is 5.91 Å². The molecule has 122 valence electrons. The van der Waals surface area contributed by atoms with Gasteiger partial charge in [0.25, 0.3) is 5.91 Å². The number of hydrogen-bond donors (Lipinski definition) is 2. The summed E-state index contributed by atoms with van der Waals surface area (Å²) in [6.07, 6.45) is 2.27. The van der Waals surface area contributed by atoms with Gasteiger partial charge in [-0.15, -0.1) is 11.8 Å². The lowest BCUT2D eigenvalue weighted by Crippen LogP contribution is -2.14. The quantitative estimate of drug-likeness (QED) is 0.810. The summed E-state index contributed by atoms with van der Waals surface area (Å²) in [7, 11) is 0. The Morgan fingerprint density at radius 2 is 1.96 bits per heavy atom. The SMILES string of the molecule is CCC(=O)Nc1cccc(C(=O)Nc2cc(C#N)ccc2SC)c1. The lowest BCUT2D eigenvalue weighted by molar-refractivity contribution is -0.115. The topological polar surface area (TPSA) is 82.0 Å². The second-order valence-electron chi connectivity index (χ2n) is 4.96. The van der Waals surface area contributed by atoms with Gasteiger partial charge in [0.1, 0.15) is 0 Å². The smallest absolute Gasteiger partial charge is 0.255 e. The summed E-state index contributed by atoms with van der Waals surface area (Å²) in [6.45, 7) is 1.76. The third kappa shape index (κ3) is 4.37. The van der Waals surface area contributed by atoms with Gasteiger partial charge in [-0.05, 0) is 42.7 Å². The van der Waals surface area contributed by atoms with Crippen LogP contribution in [0.1, 0.15) is 29.3 Å². The fourth-order valence-electron chi connectivity index (χ4n) is 2.06. The number of hydrogen-bond acceptors (Lipinski definition) is 4. The number of amides is 2. The standard InChI is InChI=1S/C18H17N3O2S/c1-3-17(22)20-14-6-4-5-13(10-14)18(23)21-15-9-12(11-19)7-8-16(15)24-2/h4-10H,3H2,1-2H3,(H,20,22)(H,21,23). The Hall–Kier alpha value is -2.78. The van der Waals surface area contributed by atoms with E-state index in [0.717, 1.165) is 4.90 Å². The first-order valence-corrected chi connectivity index (χ1v) is 8.59. The van der Waals surface area contributed by atoms with Crippen molar-refractivity contribution in [3.63, 3.8) is 0 Å². The molecule has 0 saturated carbocycles. The van der Waals surface area contributed by atoms with Crippen LogP contribution in [-0.2, 0) is 4.79 Å². The lowest BCUT2D eigenvalue weighted by atomic mass is 10.1. The minimum atomic E-state index is -0.298. The van der Waals surface area contributed by atoms with E-state index in [2.05, 4.69) is 16.7 Å². The van der Waals surface area contributed by atoms with Gasteiger partial charge < -0.3 is 10.6 Å². The molecule has 0 heterocycles. The molecule has 2 N–H and O–H groups in total. The van der Waals surface area contributed by atoms with Crippen LogP contribution in [0.4, 0.5) is 11.4 Å². The van der Waals surface area contributed by atoms with Crippen LogP contribution in [0.2, 0.25) is 0 Å². The van der Waals surface area contributed by atoms with Crippen LogP contribution in [-0.4, -0.2) is 18.1 Å². The molecular weight excluding hydrogens is 322 g/mol. The Balaban J connectivity index is 2.23. The fourth-order valence-corrected chi connectivity index (χ4v) is 2.59. The van der Waals surface area contributed by atoms with Crippen molar-refractivity contribution < 1.29 is 9.59 Å².